The molecule has 0 spiro atoms. The Balaban J connectivity index is 1.90. The van der Waals surface area contributed by atoms with E-state index < -0.39 is 0 Å². The largest absolute Gasteiger partial charge is 0.465 e. The van der Waals surface area contributed by atoms with E-state index in [1.165, 1.54) is 0 Å². The van der Waals surface area contributed by atoms with Gasteiger partial charge in [0.15, 0.2) is 0 Å². The van der Waals surface area contributed by atoms with Crippen LogP contribution in [0.5, 0.6) is 0 Å². The molecule has 0 bridgehead atoms. The Morgan fingerprint density at radius 2 is 2.06 bits per heavy atom. The average molecular weight is 247 g/mol. The molecule has 0 saturated heterocycles. The third kappa shape index (κ3) is 3.01. The van der Waals surface area contributed by atoms with Crippen molar-refractivity contribution in [2.45, 2.75) is 46.3 Å². The summed E-state index contributed by atoms with van der Waals surface area (Å²) < 4.78 is 7.56. The second-order valence-corrected chi connectivity index (χ2v) is 4.93. The molecule has 18 heavy (non-hydrogen) atoms. The van der Waals surface area contributed by atoms with Gasteiger partial charge in [0.1, 0.15) is 11.5 Å². The number of nitrogens with zero attached hydrogens (tertiary/aromatic N) is 2. The maximum absolute atomic E-state index is 5.59. The van der Waals surface area contributed by atoms with Gasteiger partial charge in [0.2, 0.25) is 0 Å². The van der Waals surface area contributed by atoms with Gasteiger partial charge >= 0.3 is 0 Å². The summed E-state index contributed by atoms with van der Waals surface area (Å²) >= 11 is 0. The molecular weight excluding hydrogens is 226 g/mol. The van der Waals surface area contributed by atoms with Gasteiger partial charge in [-0.2, -0.15) is 5.10 Å². The molecule has 2 rings (SSSR count). The highest BCUT2D eigenvalue weighted by molar-refractivity contribution is 5.09. The molecule has 0 aliphatic carbocycles. The molecular formula is C14H21N3O. The first-order chi connectivity index (χ1) is 8.56. The van der Waals surface area contributed by atoms with Crippen LogP contribution >= 0.6 is 0 Å². The number of aromatic nitrogens is 2. The van der Waals surface area contributed by atoms with Crippen molar-refractivity contribution in [1.29, 1.82) is 0 Å². The molecule has 2 aromatic heterocycles. The molecule has 0 aliphatic heterocycles. The summed E-state index contributed by atoms with van der Waals surface area (Å²) in [5, 5.41) is 7.92. The molecule has 0 fully saturated rings. The monoisotopic (exact) mass is 247 g/mol. The zero-order valence-electron chi connectivity index (χ0n) is 11.5. The fraction of sp³-hybridized carbons (Fsp3) is 0.500. The summed E-state index contributed by atoms with van der Waals surface area (Å²) in [5.41, 5.74) is 1.05. The van der Waals surface area contributed by atoms with Crippen molar-refractivity contribution in [2.24, 2.45) is 0 Å². The first kappa shape index (κ1) is 12.9. The maximum Gasteiger partial charge on any atom is 0.120 e. The lowest BCUT2D eigenvalue weighted by atomic mass is 10.2. The number of furan rings is 1. The summed E-state index contributed by atoms with van der Waals surface area (Å²) in [6, 6.07) is 6.65. The van der Waals surface area contributed by atoms with E-state index >= 15 is 0 Å². The molecule has 0 radical (unpaired) electrons. The van der Waals surface area contributed by atoms with E-state index in [0.29, 0.717) is 6.04 Å². The Morgan fingerprint density at radius 1 is 1.28 bits per heavy atom. The zero-order valence-corrected chi connectivity index (χ0v) is 11.5. The first-order valence-electron chi connectivity index (χ1n) is 6.40. The predicted molar refractivity (Wildman–Crippen MR) is 71.3 cm³/mol. The number of aryl methyl sites for hydroxylation is 1. The minimum atomic E-state index is 0.197. The summed E-state index contributed by atoms with van der Waals surface area (Å²) in [6.07, 6.45) is 2.02. The van der Waals surface area contributed by atoms with Crippen LogP contribution in [0, 0.1) is 6.92 Å². The molecule has 0 aliphatic rings. The minimum Gasteiger partial charge on any atom is -0.465 e. The molecule has 1 unspecified atom stereocenters. The Morgan fingerprint density at radius 3 is 2.61 bits per heavy atom. The summed E-state index contributed by atoms with van der Waals surface area (Å²) in [6.45, 7) is 9.05. The van der Waals surface area contributed by atoms with Crippen LogP contribution < -0.4 is 5.32 Å². The summed E-state index contributed by atoms with van der Waals surface area (Å²) in [7, 11) is 0. The molecule has 0 amide bonds. The van der Waals surface area contributed by atoms with E-state index in [-0.39, 0.29) is 6.04 Å². The van der Waals surface area contributed by atoms with Crippen LogP contribution in [0.4, 0.5) is 0 Å². The van der Waals surface area contributed by atoms with Crippen LogP contribution in [0.2, 0.25) is 0 Å². The summed E-state index contributed by atoms with van der Waals surface area (Å²) in [5.74, 6) is 1.92. The second-order valence-electron chi connectivity index (χ2n) is 4.93. The van der Waals surface area contributed by atoms with Gasteiger partial charge in [-0.25, -0.2) is 0 Å². The van der Waals surface area contributed by atoms with Gasteiger partial charge in [-0.15, -0.1) is 0 Å². The molecule has 2 heterocycles. The third-order valence-corrected chi connectivity index (χ3v) is 2.97. The third-order valence-electron chi connectivity index (χ3n) is 2.97. The fourth-order valence-electron chi connectivity index (χ4n) is 1.80. The lowest BCUT2D eigenvalue weighted by Crippen LogP contribution is -2.18. The summed E-state index contributed by atoms with van der Waals surface area (Å²) in [4.78, 5) is 0. The van der Waals surface area contributed by atoms with Crippen LogP contribution in [-0.2, 0) is 6.54 Å². The normalized spacial score (nSPS) is 13.2. The minimum absolute atomic E-state index is 0.197. The highest BCUT2D eigenvalue weighted by Crippen LogP contribution is 2.16. The van der Waals surface area contributed by atoms with Crippen LogP contribution in [0.3, 0.4) is 0 Å². The fourth-order valence-corrected chi connectivity index (χ4v) is 1.80. The molecule has 98 valence electrons. The molecule has 4 heteroatoms. The van der Waals surface area contributed by atoms with Gasteiger partial charge < -0.3 is 9.73 Å². The van der Waals surface area contributed by atoms with Crippen molar-refractivity contribution in [2.75, 3.05) is 0 Å². The van der Waals surface area contributed by atoms with Crippen LogP contribution in [-0.4, -0.2) is 9.78 Å². The lowest BCUT2D eigenvalue weighted by Gasteiger charge is -2.10. The molecule has 1 atom stereocenters. The van der Waals surface area contributed by atoms with E-state index in [0.717, 1.165) is 23.8 Å². The van der Waals surface area contributed by atoms with Crippen molar-refractivity contribution in [3.8, 4) is 0 Å². The number of hydrogen-bond acceptors (Lipinski definition) is 3. The predicted octanol–water partition coefficient (Wildman–Crippen LogP) is 3.22. The highest BCUT2D eigenvalue weighted by atomic mass is 16.3. The molecule has 0 saturated carbocycles. The lowest BCUT2D eigenvalue weighted by molar-refractivity contribution is 0.413. The SMILES string of the molecule is Cc1ccc(C(C)NCc2ccn(C(C)C)n2)o1. The van der Waals surface area contributed by atoms with Crippen molar-refractivity contribution in [3.05, 3.63) is 41.6 Å². The number of hydrogen-bond donors (Lipinski definition) is 1. The van der Waals surface area contributed by atoms with E-state index in [2.05, 4.69) is 31.2 Å². The van der Waals surface area contributed by atoms with Crippen LogP contribution in [0.1, 0.15) is 50.1 Å². The van der Waals surface area contributed by atoms with E-state index in [4.69, 9.17) is 4.42 Å². The Hall–Kier alpha value is -1.55. The highest BCUT2D eigenvalue weighted by Gasteiger charge is 2.09. The van der Waals surface area contributed by atoms with Crippen molar-refractivity contribution in [1.82, 2.24) is 15.1 Å². The van der Waals surface area contributed by atoms with Gasteiger partial charge in [-0.05, 0) is 45.9 Å². The van der Waals surface area contributed by atoms with Gasteiger partial charge in [-0.3, -0.25) is 4.68 Å². The quantitative estimate of drug-likeness (QED) is 0.882. The molecule has 0 aromatic carbocycles. The molecule has 2 aromatic rings. The van der Waals surface area contributed by atoms with Gasteiger partial charge in [0.25, 0.3) is 0 Å². The topological polar surface area (TPSA) is 43.0 Å². The Bertz CT molecular complexity index is 499. The van der Waals surface area contributed by atoms with E-state index in [1.54, 1.807) is 0 Å². The zero-order chi connectivity index (χ0) is 13.1. The first-order valence-corrected chi connectivity index (χ1v) is 6.40. The van der Waals surface area contributed by atoms with Crippen molar-refractivity contribution < 1.29 is 4.42 Å². The van der Waals surface area contributed by atoms with Crippen LogP contribution in [0.25, 0.3) is 0 Å². The van der Waals surface area contributed by atoms with Gasteiger partial charge in [0.05, 0.1) is 11.7 Å². The van der Waals surface area contributed by atoms with Crippen LogP contribution in [0.15, 0.2) is 28.8 Å². The Kier molecular flexibility index (Phi) is 3.87. The van der Waals surface area contributed by atoms with Crippen molar-refractivity contribution in [3.63, 3.8) is 0 Å². The van der Waals surface area contributed by atoms with Crippen molar-refractivity contribution >= 4 is 0 Å². The Labute approximate surface area is 108 Å². The molecule has 4 nitrogen and oxygen atoms in total. The number of nitrogens with one attached hydrogen (secondary N) is 1. The van der Waals surface area contributed by atoms with E-state index in [9.17, 15) is 0 Å². The standard InChI is InChI=1S/C14H21N3O/c1-10(2)17-8-7-13(16-17)9-15-12(4)14-6-5-11(3)18-14/h5-8,10,12,15H,9H2,1-4H3. The van der Waals surface area contributed by atoms with Gasteiger partial charge in [-0.1, -0.05) is 0 Å². The second kappa shape index (κ2) is 5.40. The van der Waals surface area contributed by atoms with E-state index in [1.807, 2.05) is 36.0 Å². The molecule has 1 N–H and O–H groups in total. The smallest absolute Gasteiger partial charge is 0.120 e. The average Bonchev–Trinajstić information content (AvgIpc) is 2.94. The van der Waals surface area contributed by atoms with Gasteiger partial charge in [0, 0.05) is 18.8 Å². The maximum atomic E-state index is 5.59. The number of rotatable bonds is 5.